The maximum atomic E-state index is 11.6. The molecule has 0 fully saturated rings. The summed E-state index contributed by atoms with van der Waals surface area (Å²) in [6.45, 7) is 0.610. The van der Waals surface area contributed by atoms with Crippen LogP contribution in [0.5, 0.6) is 0 Å². The van der Waals surface area contributed by atoms with Gasteiger partial charge in [0, 0.05) is 30.7 Å². The van der Waals surface area contributed by atoms with E-state index in [0.717, 1.165) is 17.0 Å². The van der Waals surface area contributed by atoms with Gasteiger partial charge in [-0.3, -0.25) is 4.79 Å². The molecule has 5 heteroatoms. The number of nitrogens with zero attached hydrogens (tertiary/aromatic N) is 2. The first-order chi connectivity index (χ1) is 10.3. The van der Waals surface area contributed by atoms with Gasteiger partial charge in [-0.2, -0.15) is 0 Å². The molecule has 0 spiro atoms. The average molecular weight is 280 g/mol. The van der Waals surface area contributed by atoms with E-state index in [1.807, 2.05) is 53.2 Å². The first-order valence-corrected chi connectivity index (χ1v) is 6.75. The molecule has 5 nitrogen and oxygen atoms in total. The quantitative estimate of drug-likeness (QED) is 0.771. The zero-order valence-corrected chi connectivity index (χ0v) is 11.7. The van der Waals surface area contributed by atoms with Gasteiger partial charge in [0.1, 0.15) is 5.65 Å². The number of anilines is 1. The number of pyridine rings is 1. The van der Waals surface area contributed by atoms with Gasteiger partial charge in [-0.1, -0.05) is 12.1 Å². The molecule has 0 radical (unpaired) electrons. The highest BCUT2D eigenvalue weighted by atomic mass is 16.1. The largest absolute Gasteiger partial charge is 0.379 e. The second-order valence-corrected chi connectivity index (χ2v) is 4.71. The van der Waals surface area contributed by atoms with Crippen LogP contribution in [0.1, 0.15) is 16.1 Å². The minimum absolute atomic E-state index is 0.0913. The van der Waals surface area contributed by atoms with Crippen molar-refractivity contribution in [1.82, 2.24) is 14.7 Å². The van der Waals surface area contributed by atoms with E-state index in [9.17, 15) is 4.79 Å². The van der Waals surface area contributed by atoms with E-state index in [4.69, 9.17) is 0 Å². The molecule has 0 unspecified atom stereocenters. The molecule has 1 aromatic carbocycles. The van der Waals surface area contributed by atoms with E-state index >= 15 is 0 Å². The number of carbonyl (C=O) groups is 1. The van der Waals surface area contributed by atoms with Crippen molar-refractivity contribution in [2.45, 2.75) is 6.54 Å². The molecule has 0 atom stereocenters. The van der Waals surface area contributed by atoms with Crippen molar-refractivity contribution in [3.05, 3.63) is 66.1 Å². The van der Waals surface area contributed by atoms with Gasteiger partial charge in [-0.05, 0) is 30.3 Å². The predicted octanol–water partition coefficient (Wildman–Crippen LogP) is 2.31. The van der Waals surface area contributed by atoms with E-state index in [1.165, 1.54) is 0 Å². The Morgan fingerprint density at radius 2 is 2.14 bits per heavy atom. The fraction of sp³-hybridized carbons (Fsp3) is 0.125. The fourth-order valence-corrected chi connectivity index (χ4v) is 2.18. The van der Waals surface area contributed by atoms with E-state index in [2.05, 4.69) is 15.6 Å². The van der Waals surface area contributed by atoms with Crippen molar-refractivity contribution >= 4 is 17.2 Å². The van der Waals surface area contributed by atoms with Crippen molar-refractivity contribution in [1.29, 1.82) is 0 Å². The topological polar surface area (TPSA) is 58.4 Å². The Labute approximate surface area is 122 Å². The lowest BCUT2D eigenvalue weighted by Crippen LogP contribution is -2.17. The monoisotopic (exact) mass is 280 g/mol. The lowest BCUT2D eigenvalue weighted by atomic mass is 10.2. The molecule has 0 aliphatic rings. The second-order valence-electron chi connectivity index (χ2n) is 4.71. The highest BCUT2D eigenvalue weighted by Gasteiger charge is 2.04. The third-order valence-corrected chi connectivity index (χ3v) is 3.24. The minimum Gasteiger partial charge on any atom is -0.379 e. The van der Waals surface area contributed by atoms with Gasteiger partial charge in [0.2, 0.25) is 0 Å². The molecule has 0 saturated carbocycles. The number of fused-ring (bicyclic) bond motifs is 1. The molecule has 2 N–H and O–H groups in total. The van der Waals surface area contributed by atoms with Crippen LogP contribution >= 0.6 is 0 Å². The Bertz CT molecular complexity index is 746. The summed E-state index contributed by atoms with van der Waals surface area (Å²) in [6.07, 6.45) is 3.96. The second kappa shape index (κ2) is 5.66. The van der Waals surface area contributed by atoms with Gasteiger partial charge >= 0.3 is 0 Å². The molecule has 0 saturated heterocycles. The summed E-state index contributed by atoms with van der Waals surface area (Å²) in [6, 6.07) is 13.3. The van der Waals surface area contributed by atoms with Crippen molar-refractivity contribution in [2.75, 3.05) is 12.4 Å². The first kappa shape index (κ1) is 13.2. The highest BCUT2D eigenvalue weighted by molar-refractivity contribution is 5.94. The van der Waals surface area contributed by atoms with E-state index < -0.39 is 0 Å². The van der Waals surface area contributed by atoms with E-state index in [0.29, 0.717) is 12.1 Å². The number of carbonyl (C=O) groups excluding carboxylic acids is 1. The van der Waals surface area contributed by atoms with Gasteiger partial charge < -0.3 is 15.0 Å². The standard InChI is InChI=1S/C16H16N4O/c1-17-16(21)12-5-4-6-13(9-12)18-10-14-11-20-8-3-2-7-15(20)19-14/h2-9,11,18H,10H2,1H3,(H,17,21). The summed E-state index contributed by atoms with van der Waals surface area (Å²) in [5, 5.41) is 5.90. The third kappa shape index (κ3) is 2.86. The molecule has 1 amide bonds. The van der Waals surface area contributed by atoms with Crippen LogP contribution in [0.25, 0.3) is 5.65 Å². The van der Waals surface area contributed by atoms with Crippen molar-refractivity contribution < 1.29 is 4.79 Å². The molecule has 3 aromatic rings. The van der Waals surface area contributed by atoms with E-state index in [1.54, 1.807) is 13.1 Å². The van der Waals surface area contributed by atoms with Crippen molar-refractivity contribution in [3.63, 3.8) is 0 Å². The van der Waals surface area contributed by atoms with Crippen molar-refractivity contribution in [3.8, 4) is 0 Å². The molecule has 21 heavy (non-hydrogen) atoms. The number of rotatable bonds is 4. The van der Waals surface area contributed by atoms with Crippen LogP contribution in [0.15, 0.2) is 54.9 Å². The maximum Gasteiger partial charge on any atom is 0.251 e. The summed E-state index contributed by atoms with van der Waals surface area (Å²) in [5.74, 6) is -0.0913. The van der Waals surface area contributed by atoms with Gasteiger partial charge in [0.05, 0.1) is 12.2 Å². The van der Waals surface area contributed by atoms with Gasteiger partial charge in [0.25, 0.3) is 5.91 Å². The Kier molecular flexibility index (Phi) is 3.55. The lowest BCUT2D eigenvalue weighted by molar-refractivity contribution is 0.0963. The Balaban J connectivity index is 1.73. The van der Waals surface area contributed by atoms with Crippen LogP contribution in [0, 0.1) is 0 Å². The van der Waals surface area contributed by atoms with Crippen LogP contribution < -0.4 is 10.6 Å². The van der Waals surface area contributed by atoms with Gasteiger partial charge in [-0.25, -0.2) is 4.98 Å². The maximum absolute atomic E-state index is 11.6. The summed E-state index contributed by atoms with van der Waals surface area (Å²) in [7, 11) is 1.62. The number of imidazole rings is 1. The lowest BCUT2D eigenvalue weighted by Gasteiger charge is -2.06. The molecule has 2 heterocycles. The van der Waals surface area contributed by atoms with Crippen LogP contribution in [-0.4, -0.2) is 22.3 Å². The number of benzene rings is 1. The summed E-state index contributed by atoms with van der Waals surface area (Å²) in [5.41, 5.74) is 3.41. The van der Waals surface area contributed by atoms with Crippen LogP contribution in [0.2, 0.25) is 0 Å². The highest BCUT2D eigenvalue weighted by Crippen LogP contribution is 2.12. The number of hydrogen-bond donors (Lipinski definition) is 2. The summed E-state index contributed by atoms with van der Waals surface area (Å²) in [4.78, 5) is 16.1. The van der Waals surface area contributed by atoms with E-state index in [-0.39, 0.29) is 5.91 Å². The van der Waals surface area contributed by atoms with Gasteiger partial charge in [-0.15, -0.1) is 0 Å². The zero-order valence-electron chi connectivity index (χ0n) is 11.7. The third-order valence-electron chi connectivity index (χ3n) is 3.24. The number of nitrogens with one attached hydrogen (secondary N) is 2. The Morgan fingerprint density at radius 1 is 1.24 bits per heavy atom. The average Bonchev–Trinajstić information content (AvgIpc) is 2.95. The molecule has 106 valence electrons. The molecule has 2 aromatic heterocycles. The summed E-state index contributed by atoms with van der Waals surface area (Å²) >= 11 is 0. The smallest absolute Gasteiger partial charge is 0.251 e. The molecule has 0 aliphatic carbocycles. The molecule has 0 aliphatic heterocycles. The normalized spacial score (nSPS) is 10.5. The Morgan fingerprint density at radius 3 is 2.95 bits per heavy atom. The van der Waals surface area contributed by atoms with Crippen LogP contribution in [0.4, 0.5) is 5.69 Å². The van der Waals surface area contributed by atoms with Gasteiger partial charge in [0.15, 0.2) is 0 Å². The molecule has 0 bridgehead atoms. The number of aromatic nitrogens is 2. The zero-order chi connectivity index (χ0) is 14.7. The van der Waals surface area contributed by atoms with Crippen LogP contribution in [0.3, 0.4) is 0 Å². The minimum atomic E-state index is -0.0913. The molecular formula is C16H16N4O. The number of amides is 1. The van der Waals surface area contributed by atoms with Crippen LogP contribution in [-0.2, 0) is 6.54 Å². The van der Waals surface area contributed by atoms with Crippen molar-refractivity contribution in [2.24, 2.45) is 0 Å². The first-order valence-electron chi connectivity index (χ1n) is 6.75. The molecule has 3 rings (SSSR count). The predicted molar refractivity (Wildman–Crippen MR) is 82.4 cm³/mol. The number of hydrogen-bond acceptors (Lipinski definition) is 3. The SMILES string of the molecule is CNC(=O)c1cccc(NCc2cn3ccccc3n2)c1. The summed E-state index contributed by atoms with van der Waals surface area (Å²) < 4.78 is 1.98. The Hall–Kier alpha value is -2.82. The fourth-order valence-electron chi connectivity index (χ4n) is 2.18. The molecular weight excluding hydrogens is 264 g/mol.